The summed E-state index contributed by atoms with van der Waals surface area (Å²) in [6, 6.07) is 13.4. The normalized spacial score (nSPS) is 15.3. The third-order valence-corrected chi connectivity index (χ3v) is 8.17. The zero-order valence-corrected chi connectivity index (χ0v) is 21.6. The van der Waals surface area contributed by atoms with Gasteiger partial charge >= 0.3 is 6.03 Å². The second-order valence-electron chi connectivity index (χ2n) is 8.52. The summed E-state index contributed by atoms with van der Waals surface area (Å²) >= 11 is 11.8. The molecule has 3 aromatic rings. The number of fused-ring (bicyclic) bond motifs is 1. The molecule has 1 aliphatic rings. The number of amides is 2. The van der Waals surface area contributed by atoms with Crippen LogP contribution in [0.5, 0.6) is 0 Å². The van der Waals surface area contributed by atoms with Gasteiger partial charge in [0, 0.05) is 30.2 Å². The van der Waals surface area contributed by atoms with Crippen molar-refractivity contribution < 1.29 is 13.2 Å². The molecule has 0 radical (unpaired) electrons. The minimum Gasteiger partial charge on any atom is -0.337 e. The van der Waals surface area contributed by atoms with E-state index in [0.29, 0.717) is 31.0 Å². The van der Waals surface area contributed by atoms with E-state index in [1.54, 1.807) is 0 Å². The maximum Gasteiger partial charge on any atom is 0.319 e. The van der Waals surface area contributed by atoms with Crippen LogP contribution in [0.4, 0.5) is 10.5 Å². The number of sulfonamides is 1. The van der Waals surface area contributed by atoms with Crippen molar-refractivity contribution in [1.82, 2.24) is 19.9 Å². The summed E-state index contributed by atoms with van der Waals surface area (Å²) in [6.45, 7) is 4.51. The van der Waals surface area contributed by atoms with Gasteiger partial charge in [-0.15, -0.1) is 0 Å². The van der Waals surface area contributed by atoms with Gasteiger partial charge in [0.05, 0.1) is 26.1 Å². The van der Waals surface area contributed by atoms with Crippen LogP contribution >= 0.6 is 23.2 Å². The van der Waals surface area contributed by atoms with Gasteiger partial charge in [0.15, 0.2) is 0 Å². The number of anilines is 1. The number of benzene rings is 2. The number of nitrogens with one attached hydrogen (secondary N) is 3. The first-order valence-electron chi connectivity index (χ1n) is 11.3. The number of carbonyl (C=O) groups excluding carboxylic acids is 1. The number of pyridine rings is 1. The number of urea groups is 1. The number of nitrogens with zero attached hydrogens (tertiary/aromatic N) is 2. The highest BCUT2D eigenvalue weighted by atomic mass is 35.5. The molecule has 2 aromatic carbocycles. The largest absolute Gasteiger partial charge is 0.337 e. The molecule has 1 saturated heterocycles. The van der Waals surface area contributed by atoms with Crippen LogP contribution in [0.3, 0.4) is 0 Å². The molecule has 4 rings (SSSR count). The zero-order valence-electron chi connectivity index (χ0n) is 19.2. The Labute approximate surface area is 215 Å². The molecule has 1 fully saturated rings. The number of hydrogen-bond acceptors (Lipinski definition) is 5. The second-order valence-corrected chi connectivity index (χ2v) is 11.1. The van der Waals surface area contributed by atoms with Gasteiger partial charge in [-0.25, -0.2) is 17.9 Å². The molecular formula is C24H27Cl2N5O3S. The molecule has 1 aromatic heterocycles. The fourth-order valence-electron chi connectivity index (χ4n) is 4.11. The van der Waals surface area contributed by atoms with Crippen molar-refractivity contribution >= 4 is 55.8 Å². The number of rotatable bonds is 7. The number of likely N-dealkylation sites (tertiary alicyclic amines) is 1. The monoisotopic (exact) mass is 535 g/mol. The summed E-state index contributed by atoms with van der Waals surface area (Å²) in [7, 11) is -3.67. The Morgan fingerprint density at radius 1 is 1.09 bits per heavy atom. The molecule has 1 aliphatic heterocycles. The number of aryl methyl sites for hydroxylation is 1. The van der Waals surface area contributed by atoms with Crippen molar-refractivity contribution in [1.29, 1.82) is 0 Å². The topological polar surface area (TPSA) is 103 Å². The van der Waals surface area contributed by atoms with Gasteiger partial charge in [0.25, 0.3) is 0 Å². The average molecular weight is 536 g/mol. The van der Waals surface area contributed by atoms with E-state index in [1.165, 1.54) is 18.2 Å². The summed E-state index contributed by atoms with van der Waals surface area (Å²) in [5, 5.41) is 7.21. The van der Waals surface area contributed by atoms with Crippen molar-refractivity contribution in [2.75, 3.05) is 31.5 Å². The van der Waals surface area contributed by atoms with E-state index in [0.717, 1.165) is 35.4 Å². The Bertz CT molecular complexity index is 1330. The molecular weight excluding hydrogens is 509 g/mol. The number of halogens is 2. The molecule has 0 atom stereocenters. The van der Waals surface area contributed by atoms with E-state index in [2.05, 4.69) is 25.2 Å². The number of hydrogen-bond donors (Lipinski definition) is 3. The van der Waals surface area contributed by atoms with Crippen LogP contribution in [-0.2, 0) is 10.0 Å². The predicted molar refractivity (Wildman–Crippen MR) is 140 cm³/mol. The molecule has 0 saturated carbocycles. The fraction of sp³-hybridized carbons (Fsp3) is 0.333. The Morgan fingerprint density at radius 2 is 1.83 bits per heavy atom. The minimum atomic E-state index is -3.67. The Hall–Kier alpha value is -2.43. The van der Waals surface area contributed by atoms with Gasteiger partial charge in [-0.05, 0) is 63.2 Å². The lowest BCUT2D eigenvalue weighted by Crippen LogP contribution is -2.46. The summed E-state index contributed by atoms with van der Waals surface area (Å²) in [5.74, 6) is 0. The minimum absolute atomic E-state index is 0.0988. The first-order valence-corrected chi connectivity index (χ1v) is 13.6. The van der Waals surface area contributed by atoms with E-state index in [-0.39, 0.29) is 22.0 Å². The van der Waals surface area contributed by atoms with Crippen molar-refractivity contribution in [2.45, 2.75) is 30.7 Å². The molecule has 2 heterocycles. The molecule has 3 N–H and O–H groups in total. The molecule has 0 bridgehead atoms. The van der Waals surface area contributed by atoms with E-state index >= 15 is 0 Å². The van der Waals surface area contributed by atoms with Crippen LogP contribution in [0.25, 0.3) is 10.9 Å². The van der Waals surface area contributed by atoms with Crippen LogP contribution in [0.15, 0.2) is 53.4 Å². The van der Waals surface area contributed by atoms with Crippen LogP contribution in [0.1, 0.15) is 18.5 Å². The van der Waals surface area contributed by atoms with Gasteiger partial charge in [-0.2, -0.15) is 0 Å². The van der Waals surface area contributed by atoms with Crippen LogP contribution < -0.4 is 15.4 Å². The number of piperidine rings is 1. The lowest BCUT2D eigenvalue weighted by Gasteiger charge is -2.32. The van der Waals surface area contributed by atoms with E-state index < -0.39 is 10.0 Å². The van der Waals surface area contributed by atoms with Gasteiger partial charge < -0.3 is 15.5 Å². The smallest absolute Gasteiger partial charge is 0.319 e. The first kappa shape index (κ1) is 25.7. The van der Waals surface area contributed by atoms with Gasteiger partial charge in [0.2, 0.25) is 10.0 Å². The molecule has 0 aliphatic carbocycles. The molecule has 11 heteroatoms. The Morgan fingerprint density at radius 3 is 2.57 bits per heavy atom. The summed E-state index contributed by atoms with van der Waals surface area (Å²) < 4.78 is 28.1. The molecule has 0 unspecified atom stereocenters. The van der Waals surface area contributed by atoms with Crippen LogP contribution in [-0.4, -0.2) is 56.6 Å². The third-order valence-electron chi connectivity index (χ3n) is 5.92. The highest BCUT2D eigenvalue weighted by Crippen LogP contribution is 2.25. The second kappa shape index (κ2) is 11.1. The highest BCUT2D eigenvalue weighted by Gasteiger charge is 2.25. The van der Waals surface area contributed by atoms with Crippen molar-refractivity contribution in [3.8, 4) is 0 Å². The Kier molecular flexibility index (Phi) is 8.13. The van der Waals surface area contributed by atoms with Crippen molar-refractivity contribution in [3.63, 3.8) is 0 Å². The van der Waals surface area contributed by atoms with Gasteiger partial charge in [0.1, 0.15) is 0 Å². The van der Waals surface area contributed by atoms with E-state index in [9.17, 15) is 13.2 Å². The summed E-state index contributed by atoms with van der Waals surface area (Å²) in [4.78, 5) is 19.2. The summed E-state index contributed by atoms with van der Waals surface area (Å²) in [5.41, 5.74) is 2.39. The lowest BCUT2D eigenvalue weighted by atomic mass is 10.1. The fourth-order valence-corrected chi connectivity index (χ4v) is 5.80. The molecule has 0 spiro atoms. The van der Waals surface area contributed by atoms with E-state index in [4.69, 9.17) is 23.2 Å². The highest BCUT2D eigenvalue weighted by molar-refractivity contribution is 7.89. The maximum absolute atomic E-state index is 12.7. The molecule has 35 heavy (non-hydrogen) atoms. The summed E-state index contributed by atoms with van der Waals surface area (Å²) in [6.07, 6.45) is 1.35. The average Bonchev–Trinajstić information content (AvgIpc) is 2.81. The van der Waals surface area contributed by atoms with Crippen LogP contribution in [0, 0.1) is 6.92 Å². The van der Waals surface area contributed by atoms with Crippen molar-refractivity contribution in [3.05, 3.63) is 64.3 Å². The van der Waals surface area contributed by atoms with Crippen molar-refractivity contribution in [2.24, 2.45) is 0 Å². The number of aromatic nitrogens is 1. The quantitative estimate of drug-likeness (QED) is 0.415. The van der Waals surface area contributed by atoms with E-state index in [1.807, 2.05) is 37.3 Å². The van der Waals surface area contributed by atoms with Gasteiger partial charge in [-0.1, -0.05) is 41.4 Å². The number of carbonyl (C=O) groups is 1. The predicted octanol–water partition coefficient (Wildman–Crippen LogP) is 4.41. The number of para-hydroxylation sites is 1. The Balaban J connectivity index is 1.22. The van der Waals surface area contributed by atoms with Gasteiger partial charge in [-0.3, -0.25) is 4.98 Å². The third kappa shape index (κ3) is 6.62. The SMILES string of the molecule is Cc1cc(NC(=O)NCCN2CCC(NS(=O)(=O)c3ccc(Cl)c(Cl)c3)CC2)c2ccccc2n1. The molecule has 8 nitrogen and oxygen atoms in total. The standard InChI is InChI=1S/C24H27Cl2N5O3S/c1-16-14-23(19-4-2-3-5-22(19)28-16)29-24(32)27-10-13-31-11-8-17(9-12-31)30-35(33,34)18-6-7-20(25)21(26)15-18/h2-7,14-15,17,30H,8-13H2,1H3,(H2,27,28,29,32). The first-order chi connectivity index (χ1) is 16.7. The molecule has 2 amide bonds. The maximum atomic E-state index is 12.7. The lowest BCUT2D eigenvalue weighted by molar-refractivity contribution is 0.206. The molecule has 186 valence electrons. The zero-order chi connectivity index (χ0) is 25.0. The van der Waals surface area contributed by atoms with Crippen LogP contribution in [0.2, 0.25) is 10.0 Å².